The van der Waals surface area contributed by atoms with Crippen molar-refractivity contribution in [2.75, 3.05) is 18.1 Å². The van der Waals surface area contributed by atoms with Crippen LogP contribution in [-0.2, 0) is 4.79 Å². The van der Waals surface area contributed by atoms with Crippen LogP contribution in [0.15, 0.2) is 42.0 Å². The van der Waals surface area contributed by atoms with Gasteiger partial charge in [0.05, 0.1) is 24.0 Å². The van der Waals surface area contributed by atoms with Crippen molar-refractivity contribution in [2.24, 2.45) is 0 Å². The van der Waals surface area contributed by atoms with E-state index in [4.69, 9.17) is 5.11 Å². The van der Waals surface area contributed by atoms with Gasteiger partial charge in [-0.1, -0.05) is 43.3 Å². The number of nitriles is 1. The summed E-state index contributed by atoms with van der Waals surface area (Å²) < 4.78 is 0. The highest BCUT2D eigenvalue weighted by molar-refractivity contribution is 6.06. The summed E-state index contributed by atoms with van der Waals surface area (Å²) in [6.45, 7) is 2.77. The number of hydrogen-bond donors (Lipinski definition) is 2. The predicted molar refractivity (Wildman–Crippen MR) is 116 cm³/mol. The second-order valence-corrected chi connectivity index (χ2v) is 7.59. The van der Waals surface area contributed by atoms with Crippen molar-refractivity contribution in [1.82, 2.24) is 0 Å². The van der Waals surface area contributed by atoms with E-state index in [0.29, 0.717) is 6.04 Å². The zero-order chi connectivity index (χ0) is 20.8. The fraction of sp³-hybridized carbons (Fsp3) is 0.417. The van der Waals surface area contributed by atoms with E-state index in [1.165, 1.54) is 0 Å². The quantitative estimate of drug-likeness (QED) is 0.527. The Labute approximate surface area is 171 Å². The van der Waals surface area contributed by atoms with Crippen LogP contribution in [0, 0.1) is 11.3 Å². The maximum absolute atomic E-state index is 12.5. The van der Waals surface area contributed by atoms with Crippen LogP contribution in [0.1, 0.15) is 44.6 Å². The summed E-state index contributed by atoms with van der Waals surface area (Å²) in [5, 5.41) is 30.3. The summed E-state index contributed by atoms with van der Waals surface area (Å²) in [6.07, 6.45) is 4.24. The highest BCUT2D eigenvalue weighted by Crippen LogP contribution is 2.37. The molecule has 2 N–H and O–H groups in total. The van der Waals surface area contributed by atoms with E-state index in [9.17, 15) is 15.2 Å². The molecular weight excluding hydrogens is 364 g/mol. The van der Waals surface area contributed by atoms with Gasteiger partial charge in [0.1, 0.15) is 6.07 Å². The first-order chi connectivity index (χ1) is 14.1. The largest absolute Gasteiger partial charge is 0.394 e. The van der Waals surface area contributed by atoms with E-state index in [0.717, 1.165) is 47.8 Å². The Bertz CT molecular complexity index is 945. The van der Waals surface area contributed by atoms with Crippen LogP contribution in [-0.4, -0.2) is 41.3 Å². The first-order valence-corrected chi connectivity index (χ1v) is 10.3. The molecule has 1 saturated heterocycles. The summed E-state index contributed by atoms with van der Waals surface area (Å²) in [5.41, 5.74) is 2.04. The maximum atomic E-state index is 12.5. The lowest BCUT2D eigenvalue weighted by Crippen LogP contribution is -2.29. The minimum atomic E-state index is -0.940. The average Bonchev–Trinajstić information content (AvgIpc) is 3.23. The lowest BCUT2D eigenvalue weighted by atomic mass is 9.98. The topological polar surface area (TPSA) is 84.6 Å². The van der Waals surface area contributed by atoms with E-state index in [1.807, 2.05) is 30.3 Å². The normalized spacial score (nSPS) is 18.1. The third kappa shape index (κ3) is 4.67. The third-order valence-electron chi connectivity index (χ3n) is 5.70. The van der Waals surface area contributed by atoms with Gasteiger partial charge in [0.2, 0.25) is 0 Å². The molecule has 3 rings (SSSR count). The standard InChI is InChI=1S/C24H28N2O3/c1-2-20-7-5-13-26(20)24-18(10-9-17-6-3-4-8-22(17)24)14-19(15-25)23(29)12-11-21(28)16-27/h3-4,6,8-10,14,20-21,27-28H,2,5,7,11-13,16H2,1H3/b19-14+. The number of nitrogens with zero attached hydrogens (tertiary/aromatic N) is 2. The van der Waals surface area contributed by atoms with Gasteiger partial charge in [-0.05, 0) is 42.7 Å². The second-order valence-electron chi connectivity index (χ2n) is 7.59. The highest BCUT2D eigenvalue weighted by Gasteiger charge is 2.26. The Morgan fingerprint density at radius 1 is 1.34 bits per heavy atom. The van der Waals surface area contributed by atoms with Crippen molar-refractivity contribution in [3.8, 4) is 6.07 Å². The van der Waals surface area contributed by atoms with Crippen molar-refractivity contribution in [3.05, 3.63) is 47.5 Å². The zero-order valence-electron chi connectivity index (χ0n) is 16.8. The number of anilines is 1. The summed E-state index contributed by atoms with van der Waals surface area (Å²) in [6, 6.07) is 14.7. The highest BCUT2D eigenvalue weighted by atomic mass is 16.3. The van der Waals surface area contributed by atoms with Gasteiger partial charge in [0.25, 0.3) is 0 Å². The summed E-state index contributed by atoms with van der Waals surface area (Å²) in [4.78, 5) is 14.9. The fourth-order valence-corrected chi connectivity index (χ4v) is 4.12. The molecule has 0 radical (unpaired) electrons. The molecular formula is C24H28N2O3. The van der Waals surface area contributed by atoms with E-state index in [1.54, 1.807) is 6.08 Å². The zero-order valence-corrected chi connectivity index (χ0v) is 16.8. The Morgan fingerprint density at radius 2 is 2.14 bits per heavy atom. The van der Waals surface area contributed by atoms with Crippen LogP contribution in [0.4, 0.5) is 5.69 Å². The van der Waals surface area contributed by atoms with Crippen LogP contribution in [0.5, 0.6) is 0 Å². The molecule has 2 aromatic carbocycles. The summed E-state index contributed by atoms with van der Waals surface area (Å²) in [5.74, 6) is -0.312. The van der Waals surface area contributed by atoms with Gasteiger partial charge in [-0.3, -0.25) is 4.79 Å². The monoisotopic (exact) mass is 392 g/mol. The molecule has 2 aromatic rings. The smallest absolute Gasteiger partial charge is 0.173 e. The van der Waals surface area contributed by atoms with Crippen LogP contribution >= 0.6 is 0 Å². The molecule has 0 spiro atoms. The number of ketones is 1. The lowest BCUT2D eigenvalue weighted by molar-refractivity contribution is -0.115. The Morgan fingerprint density at radius 3 is 2.86 bits per heavy atom. The predicted octanol–water partition coefficient (Wildman–Crippen LogP) is 3.83. The van der Waals surface area contributed by atoms with E-state index in [2.05, 4.69) is 24.0 Å². The molecule has 2 unspecified atom stereocenters. The van der Waals surface area contributed by atoms with Crippen LogP contribution < -0.4 is 4.90 Å². The molecule has 5 nitrogen and oxygen atoms in total. The molecule has 0 aliphatic carbocycles. The van der Waals surface area contributed by atoms with Crippen LogP contribution in [0.25, 0.3) is 16.8 Å². The SMILES string of the molecule is CCC1CCCN1c1c(/C=C(\C#N)C(=O)CCC(O)CO)ccc2ccccc12. The second kappa shape index (κ2) is 9.69. The number of carbonyl (C=O) groups is 1. The summed E-state index contributed by atoms with van der Waals surface area (Å²) in [7, 11) is 0. The number of allylic oxidation sites excluding steroid dienone is 1. The first-order valence-electron chi connectivity index (χ1n) is 10.3. The molecule has 2 atom stereocenters. The van der Waals surface area contributed by atoms with Gasteiger partial charge in [-0.25, -0.2) is 0 Å². The number of Topliss-reactive ketones (excluding diaryl/α,β-unsaturated/α-hetero) is 1. The molecule has 0 saturated carbocycles. The van der Waals surface area contributed by atoms with Gasteiger partial charge in [0, 0.05) is 24.4 Å². The molecule has 0 bridgehead atoms. The van der Waals surface area contributed by atoms with Crippen molar-refractivity contribution >= 4 is 28.3 Å². The Hall–Kier alpha value is -2.68. The minimum Gasteiger partial charge on any atom is -0.394 e. The maximum Gasteiger partial charge on any atom is 0.173 e. The molecule has 152 valence electrons. The van der Waals surface area contributed by atoms with Crippen molar-refractivity contribution in [3.63, 3.8) is 0 Å². The molecule has 1 aliphatic heterocycles. The van der Waals surface area contributed by atoms with Gasteiger partial charge in [-0.2, -0.15) is 5.26 Å². The number of benzene rings is 2. The molecule has 1 fully saturated rings. The molecule has 1 aliphatic rings. The summed E-state index contributed by atoms with van der Waals surface area (Å²) >= 11 is 0. The number of hydrogen-bond acceptors (Lipinski definition) is 5. The number of carbonyl (C=O) groups excluding carboxylic acids is 1. The average molecular weight is 392 g/mol. The van der Waals surface area contributed by atoms with Crippen LogP contribution in [0.2, 0.25) is 0 Å². The Kier molecular flexibility index (Phi) is 7.03. The molecule has 0 amide bonds. The number of fused-ring (bicyclic) bond motifs is 1. The van der Waals surface area contributed by atoms with Gasteiger partial charge in [0.15, 0.2) is 5.78 Å². The van der Waals surface area contributed by atoms with E-state index < -0.39 is 6.10 Å². The Balaban J connectivity index is 2.04. The minimum absolute atomic E-state index is 0.0331. The molecule has 1 heterocycles. The lowest BCUT2D eigenvalue weighted by Gasteiger charge is -2.29. The number of rotatable bonds is 8. The molecule has 5 heteroatoms. The molecule has 29 heavy (non-hydrogen) atoms. The van der Waals surface area contributed by atoms with E-state index in [-0.39, 0.29) is 30.8 Å². The van der Waals surface area contributed by atoms with Gasteiger partial charge in [-0.15, -0.1) is 0 Å². The first kappa shape index (κ1) is 21.0. The van der Waals surface area contributed by atoms with Crippen molar-refractivity contribution < 1.29 is 15.0 Å². The van der Waals surface area contributed by atoms with Crippen molar-refractivity contribution in [1.29, 1.82) is 5.26 Å². The number of aliphatic hydroxyl groups is 2. The van der Waals surface area contributed by atoms with E-state index >= 15 is 0 Å². The fourth-order valence-electron chi connectivity index (χ4n) is 4.12. The van der Waals surface area contributed by atoms with Gasteiger partial charge < -0.3 is 15.1 Å². The molecule has 0 aromatic heterocycles. The van der Waals surface area contributed by atoms with Gasteiger partial charge >= 0.3 is 0 Å². The number of aliphatic hydroxyl groups excluding tert-OH is 2. The van der Waals surface area contributed by atoms with Crippen LogP contribution in [0.3, 0.4) is 0 Å². The van der Waals surface area contributed by atoms with Crippen molar-refractivity contribution in [2.45, 2.75) is 51.2 Å². The third-order valence-corrected chi connectivity index (χ3v) is 5.70.